The molecule has 0 aliphatic heterocycles. The molecule has 0 aliphatic carbocycles. The molecule has 0 spiro atoms. The number of esters is 1. The van der Waals surface area contributed by atoms with E-state index in [-0.39, 0.29) is 9.77 Å². The topological polar surface area (TPSA) is 90.3 Å². The average molecular weight is 377 g/mol. The molecule has 130 valence electrons. The number of hydrogen-bond donors (Lipinski definition) is 1. The molecule has 0 atom stereocenters. The first-order valence-electron chi connectivity index (χ1n) is 7.25. The molecular formula is C16H15N3O4S2. The molecule has 7 nitrogen and oxygen atoms in total. The zero-order chi connectivity index (χ0) is 17.9. The maximum Gasteiger partial charge on any atom is 0.349 e. The molecule has 3 rings (SSSR count). The number of nitrogens with zero attached hydrogens (tertiary/aromatic N) is 2. The van der Waals surface area contributed by atoms with Crippen molar-refractivity contribution in [2.75, 3.05) is 11.8 Å². The van der Waals surface area contributed by atoms with Gasteiger partial charge in [0, 0.05) is 12.4 Å². The maximum absolute atomic E-state index is 12.7. The molecule has 9 heteroatoms. The van der Waals surface area contributed by atoms with Crippen molar-refractivity contribution in [1.82, 2.24) is 9.78 Å². The minimum absolute atomic E-state index is 0.0413. The van der Waals surface area contributed by atoms with Gasteiger partial charge in [-0.2, -0.15) is 5.10 Å². The van der Waals surface area contributed by atoms with Gasteiger partial charge in [-0.05, 0) is 29.1 Å². The third kappa shape index (κ3) is 3.72. The van der Waals surface area contributed by atoms with Crippen LogP contribution in [0.4, 0.5) is 5.69 Å². The van der Waals surface area contributed by atoms with Crippen LogP contribution in [0.1, 0.15) is 15.2 Å². The molecule has 1 N–H and O–H groups in total. The Morgan fingerprint density at radius 2 is 2.08 bits per heavy atom. The van der Waals surface area contributed by atoms with E-state index in [1.54, 1.807) is 35.3 Å². The third-order valence-corrected chi connectivity index (χ3v) is 5.87. The van der Waals surface area contributed by atoms with Gasteiger partial charge in [-0.25, -0.2) is 13.2 Å². The smallest absolute Gasteiger partial charge is 0.349 e. The molecule has 3 aromatic rings. The SMILES string of the molecule is COC(=O)c1sccc1S(=O)(=O)Nc1ccccc1Cn1cccn1. The molecular weight excluding hydrogens is 362 g/mol. The number of benzene rings is 1. The largest absolute Gasteiger partial charge is 0.465 e. The Bertz CT molecular complexity index is 978. The average Bonchev–Trinajstić information content (AvgIpc) is 3.27. The molecule has 0 bridgehead atoms. The van der Waals surface area contributed by atoms with E-state index in [0.717, 1.165) is 16.9 Å². The highest BCUT2D eigenvalue weighted by Crippen LogP contribution is 2.26. The first-order valence-corrected chi connectivity index (χ1v) is 9.61. The van der Waals surface area contributed by atoms with Crippen molar-refractivity contribution in [3.05, 3.63) is 64.6 Å². The number of anilines is 1. The summed E-state index contributed by atoms with van der Waals surface area (Å²) in [4.78, 5) is 11.7. The lowest BCUT2D eigenvalue weighted by atomic mass is 10.2. The van der Waals surface area contributed by atoms with Crippen LogP contribution in [0.3, 0.4) is 0 Å². The van der Waals surface area contributed by atoms with E-state index >= 15 is 0 Å². The summed E-state index contributed by atoms with van der Waals surface area (Å²) in [6, 6.07) is 10.2. The first kappa shape index (κ1) is 17.2. The Morgan fingerprint density at radius 1 is 1.28 bits per heavy atom. The molecule has 0 saturated carbocycles. The number of ether oxygens (including phenoxy) is 1. The Labute approximate surface area is 148 Å². The van der Waals surface area contributed by atoms with Crippen LogP contribution in [0.15, 0.2) is 59.1 Å². The zero-order valence-corrected chi connectivity index (χ0v) is 14.9. The summed E-state index contributed by atoms with van der Waals surface area (Å²) in [5.74, 6) is -0.680. The second kappa shape index (κ2) is 7.08. The fourth-order valence-corrected chi connectivity index (χ4v) is 4.71. The minimum Gasteiger partial charge on any atom is -0.465 e. The minimum atomic E-state index is -3.93. The summed E-state index contributed by atoms with van der Waals surface area (Å²) in [7, 11) is -2.71. The predicted octanol–water partition coefficient (Wildman–Crippen LogP) is 2.58. The fourth-order valence-electron chi connectivity index (χ4n) is 2.28. The summed E-state index contributed by atoms with van der Waals surface area (Å²) in [6.07, 6.45) is 3.44. The van der Waals surface area contributed by atoms with Crippen LogP contribution < -0.4 is 4.72 Å². The monoisotopic (exact) mass is 377 g/mol. The highest BCUT2D eigenvalue weighted by Gasteiger charge is 2.25. The lowest BCUT2D eigenvalue weighted by molar-refractivity contribution is 0.0602. The van der Waals surface area contributed by atoms with Gasteiger partial charge in [-0.1, -0.05) is 18.2 Å². The van der Waals surface area contributed by atoms with Crippen molar-refractivity contribution in [2.45, 2.75) is 11.4 Å². The molecule has 0 aliphatic rings. The van der Waals surface area contributed by atoms with Crippen molar-refractivity contribution in [3.8, 4) is 0 Å². The number of aromatic nitrogens is 2. The lowest BCUT2D eigenvalue weighted by Crippen LogP contribution is -2.17. The van der Waals surface area contributed by atoms with Crippen LogP contribution in [0.25, 0.3) is 0 Å². The standard InChI is InChI=1S/C16H15N3O4S2/c1-23-16(20)15-14(7-10-24-15)25(21,22)18-13-6-3-2-5-12(13)11-19-9-4-8-17-19/h2-10,18H,11H2,1H3. The number of thiophene rings is 1. The van der Waals surface area contributed by atoms with Gasteiger partial charge in [0.25, 0.3) is 10.0 Å². The summed E-state index contributed by atoms with van der Waals surface area (Å²) in [6.45, 7) is 0.416. The molecule has 0 saturated heterocycles. The van der Waals surface area contributed by atoms with Crippen molar-refractivity contribution in [1.29, 1.82) is 0 Å². The van der Waals surface area contributed by atoms with Gasteiger partial charge in [0.15, 0.2) is 0 Å². The maximum atomic E-state index is 12.7. The lowest BCUT2D eigenvalue weighted by Gasteiger charge is -2.13. The zero-order valence-electron chi connectivity index (χ0n) is 13.2. The van der Waals surface area contributed by atoms with E-state index < -0.39 is 16.0 Å². The summed E-state index contributed by atoms with van der Waals surface area (Å²) >= 11 is 1.02. The Morgan fingerprint density at radius 3 is 2.80 bits per heavy atom. The molecule has 0 unspecified atom stereocenters. The van der Waals surface area contributed by atoms with E-state index in [0.29, 0.717) is 12.2 Å². The molecule has 0 fully saturated rings. The summed E-state index contributed by atoms with van der Waals surface area (Å²) in [5.41, 5.74) is 1.18. The van der Waals surface area contributed by atoms with E-state index in [2.05, 4.69) is 14.6 Å². The van der Waals surface area contributed by atoms with Crippen molar-refractivity contribution < 1.29 is 17.9 Å². The third-order valence-electron chi connectivity index (χ3n) is 3.44. The van der Waals surface area contributed by atoms with Crippen LogP contribution in [0.5, 0.6) is 0 Å². The number of methoxy groups -OCH3 is 1. The molecule has 0 radical (unpaired) electrons. The van der Waals surface area contributed by atoms with Gasteiger partial charge in [0.2, 0.25) is 0 Å². The molecule has 25 heavy (non-hydrogen) atoms. The second-order valence-electron chi connectivity index (χ2n) is 5.07. The molecule has 2 heterocycles. The van der Waals surface area contributed by atoms with Crippen LogP contribution in [-0.2, 0) is 21.3 Å². The van der Waals surface area contributed by atoms with Gasteiger partial charge in [-0.3, -0.25) is 9.40 Å². The summed E-state index contributed by atoms with van der Waals surface area (Å²) in [5, 5.41) is 5.67. The number of nitrogens with one attached hydrogen (secondary N) is 1. The highest BCUT2D eigenvalue weighted by molar-refractivity contribution is 7.93. The van der Waals surface area contributed by atoms with Crippen LogP contribution in [0.2, 0.25) is 0 Å². The van der Waals surface area contributed by atoms with Crippen molar-refractivity contribution >= 4 is 33.0 Å². The Balaban J connectivity index is 1.92. The van der Waals surface area contributed by atoms with Crippen LogP contribution >= 0.6 is 11.3 Å². The predicted molar refractivity (Wildman–Crippen MR) is 94.2 cm³/mol. The van der Waals surface area contributed by atoms with E-state index in [1.807, 2.05) is 12.1 Å². The van der Waals surface area contributed by atoms with Gasteiger partial charge in [-0.15, -0.1) is 11.3 Å². The van der Waals surface area contributed by atoms with Crippen LogP contribution in [0, 0.1) is 0 Å². The number of rotatable bonds is 6. The number of para-hydroxylation sites is 1. The fraction of sp³-hybridized carbons (Fsp3) is 0.125. The number of carbonyl (C=O) groups excluding carboxylic acids is 1. The normalized spacial score (nSPS) is 11.2. The summed E-state index contributed by atoms with van der Waals surface area (Å²) < 4.78 is 34.3. The van der Waals surface area contributed by atoms with E-state index in [9.17, 15) is 13.2 Å². The van der Waals surface area contributed by atoms with Crippen LogP contribution in [-0.4, -0.2) is 31.3 Å². The molecule has 2 aromatic heterocycles. The molecule has 0 amide bonds. The number of hydrogen-bond acceptors (Lipinski definition) is 6. The quantitative estimate of drug-likeness (QED) is 0.667. The van der Waals surface area contributed by atoms with E-state index in [4.69, 9.17) is 0 Å². The van der Waals surface area contributed by atoms with Gasteiger partial charge < -0.3 is 4.74 Å². The second-order valence-corrected chi connectivity index (χ2v) is 7.64. The molecule has 1 aromatic carbocycles. The Hall–Kier alpha value is -2.65. The number of sulfonamides is 1. The van der Waals surface area contributed by atoms with Gasteiger partial charge in [0.1, 0.15) is 9.77 Å². The number of carbonyl (C=O) groups is 1. The van der Waals surface area contributed by atoms with Crippen molar-refractivity contribution in [2.24, 2.45) is 0 Å². The van der Waals surface area contributed by atoms with E-state index in [1.165, 1.54) is 18.6 Å². The highest BCUT2D eigenvalue weighted by atomic mass is 32.2. The van der Waals surface area contributed by atoms with Gasteiger partial charge in [0.05, 0.1) is 19.3 Å². The van der Waals surface area contributed by atoms with Gasteiger partial charge >= 0.3 is 5.97 Å². The Kier molecular flexibility index (Phi) is 4.86. The van der Waals surface area contributed by atoms with Crippen molar-refractivity contribution in [3.63, 3.8) is 0 Å². The first-order chi connectivity index (χ1) is 12.0.